The number of fused-ring (bicyclic) bond motifs is 8. The molecule has 0 aromatic heterocycles. The van der Waals surface area contributed by atoms with Crippen LogP contribution in [0.2, 0.25) is 13.1 Å². The minimum absolute atomic E-state index is 0.0977. The molecule has 8 nitrogen and oxygen atoms in total. The normalized spacial score (nSPS) is 15.1. The molecule has 278 valence electrons. The van der Waals surface area contributed by atoms with E-state index in [1.54, 1.807) is 4.90 Å². The van der Waals surface area contributed by atoms with Gasteiger partial charge >= 0.3 is 6.09 Å². The molecule has 1 N–H and O–H groups in total. The van der Waals surface area contributed by atoms with E-state index >= 15 is 0 Å². The van der Waals surface area contributed by atoms with Crippen molar-refractivity contribution in [3.63, 3.8) is 0 Å². The van der Waals surface area contributed by atoms with Crippen LogP contribution in [0.3, 0.4) is 0 Å². The summed E-state index contributed by atoms with van der Waals surface area (Å²) < 4.78 is 12.7. The highest BCUT2D eigenvalue weighted by atomic mass is 28.3. The van der Waals surface area contributed by atoms with Gasteiger partial charge in [-0.2, -0.15) is 0 Å². The molecule has 5 aromatic rings. The number of ether oxygens (including phenoxy) is 2. The first-order valence-corrected chi connectivity index (χ1v) is 21.8. The molecule has 1 spiro atoms. The van der Waals surface area contributed by atoms with Crippen LogP contribution in [-0.4, -0.2) is 54.8 Å². The van der Waals surface area contributed by atoms with Crippen LogP contribution < -0.4 is 30.4 Å². The Morgan fingerprint density at radius 2 is 1.40 bits per heavy atom. The third-order valence-electron chi connectivity index (χ3n) is 11.3. The summed E-state index contributed by atoms with van der Waals surface area (Å²) in [5.74, 6) is 6.37. The Morgan fingerprint density at radius 1 is 0.782 bits per heavy atom. The second kappa shape index (κ2) is 14.1. The minimum atomic E-state index is -2.13. The van der Waals surface area contributed by atoms with Crippen molar-refractivity contribution >= 4 is 47.5 Å². The highest BCUT2D eigenvalue weighted by molar-refractivity contribution is 7.01. The van der Waals surface area contributed by atoms with E-state index < -0.39 is 19.8 Å². The number of nitrogens with zero attached hydrogens (tertiary/aromatic N) is 3. The fourth-order valence-electron chi connectivity index (χ4n) is 8.28. The topological polar surface area (TPSA) is 74.4 Å². The minimum Gasteiger partial charge on any atom is -0.445 e. The van der Waals surface area contributed by atoms with Crippen LogP contribution in [0.4, 0.5) is 21.9 Å². The lowest BCUT2D eigenvalue weighted by Gasteiger charge is -2.45. The van der Waals surface area contributed by atoms with Gasteiger partial charge in [0.1, 0.15) is 20.3 Å². The zero-order valence-corrected chi connectivity index (χ0v) is 33.3. The molecule has 0 unspecified atom stereocenters. The predicted octanol–water partition coefficient (Wildman–Crippen LogP) is 6.34. The molecule has 8 rings (SSSR count). The average molecular weight is 747 g/mol. The summed E-state index contributed by atoms with van der Waals surface area (Å²) in [6, 6.07) is 35.5. The van der Waals surface area contributed by atoms with E-state index in [1.165, 1.54) is 32.9 Å². The molecular weight excluding hydrogens is 701 g/mol. The number of amides is 2. The first kappa shape index (κ1) is 36.2. The quantitative estimate of drug-likeness (QED) is 0.155. The molecule has 0 saturated heterocycles. The molecule has 3 aliphatic heterocycles. The van der Waals surface area contributed by atoms with Gasteiger partial charge in [0, 0.05) is 63.7 Å². The first-order valence-electron chi connectivity index (χ1n) is 18.8. The highest BCUT2D eigenvalue weighted by Crippen LogP contribution is 2.49. The number of alkyl carbamates (subject to hydrolysis) is 1. The van der Waals surface area contributed by atoms with Gasteiger partial charge in [-0.3, -0.25) is 4.79 Å². The van der Waals surface area contributed by atoms with Crippen molar-refractivity contribution in [1.29, 1.82) is 0 Å². The molecule has 0 bridgehead atoms. The number of para-hydroxylation sites is 1. The maximum absolute atomic E-state index is 13.6. The van der Waals surface area contributed by atoms with E-state index in [0.29, 0.717) is 13.2 Å². The number of carbonyl (C=O) groups excluding carboxylic acids is 2. The van der Waals surface area contributed by atoms with Crippen LogP contribution in [0.5, 0.6) is 0 Å². The molecule has 0 atom stereocenters. The van der Waals surface area contributed by atoms with E-state index in [9.17, 15) is 9.59 Å². The largest absolute Gasteiger partial charge is 0.445 e. The molecular formula is C46H46N4O4Si. The van der Waals surface area contributed by atoms with E-state index in [0.717, 1.165) is 39.1 Å². The molecule has 0 radical (unpaired) electrons. The van der Waals surface area contributed by atoms with E-state index in [1.807, 2.05) is 54.6 Å². The standard InChI is InChI=1S/C46H46N4O4Si/c1-48(2)36-18-21-39-42(26-36)55(5,6)43-27-37(49(3)4)19-22-40(43)46(39)38-20-15-31(25-35(38)30-54-46)29-53-45(52)47-24-23-44(51)50-28-34-13-8-7-11-32(34)16-17-33-12-9-10-14-41(33)50/h7-15,18-22,25-27H,23-24,28-30H2,1-6H3,(H,47,52). The molecule has 0 aliphatic carbocycles. The van der Waals surface area contributed by atoms with Gasteiger partial charge < -0.3 is 29.5 Å². The summed E-state index contributed by atoms with van der Waals surface area (Å²) in [5, 5.41) is 5.55. The molecule has 9 heteroatoms. The Labute approximate surface area is 324 Å². The first-order chi connectivity index (χ1) is 26.5. The Morgan fingerprint density at radius 3 is 2.09 bits per heavy atom. The van der Waals surface area contributed by atoms with Crippen LogP contribution >= 0.6 is 0 Å². The number of benzene rings is 5. The highest BCUT2D eigenvalue weighted by Gasteiger charge is 2.53. The Hall–Kier alpha value is -5.82. The summed E-state index contributed by atoms with van der Waals surface area (Å²) >= 11 is 0. The summed E-state index contributed by atoms with van der Waals surface area (Å²) in [5.41, 5.74) is 10.6. The number of anilines is 3. The van der Waals surface area contributed by atoms with Crippen LogP contribution in [0.15, 0.2) is 103 Å². The fourth-order valence-corrected chi connectivity index (χ4v) is 11.5. The van der Waals surface area contributed by atoms with E-state index in [4.69, 9.17) is 9.47 Å². The number of rotatable bonds is 7. The van der Waals surface area contributed by atoms with Crippen molar-refractivity contribution in [1.82, 2.24) is 5.32 Å². The number of nitrogens with one attached hydrogen (secondary N) is 1. The molecule has 5 aromatic carbocycles. The number of carbonyl (C=O) groups is 2. The maximum atomic E-state index is 13.6. The van der Waals surface area contributed by atoms with Gasteiger partial charge in [0.15, 0.2) is 0 Å². The van der Waals surface area contributed by atoms with Crippen molar-refractivity contribution in [2.24, 2.45) is 0 Å². The summed E-state index contributed by atoms with van der Waals surface area (Å²) in [6.45, 7) is 5.97. The van der Waals surface area contributed by atoms with Gasteiger partial charge in [-0.05, 0) is 92.3 Å². The van der Waals surface area contributed by atoms with Crippen LogP contribution in [0.25, 0.3) is 0 Å². The molecule has 55 heavy (non-hydrogen) atoms. The molecule has 0 saturated carbocycles. The van der Waals surface area contributed by atoms with Gasteiger partial charge in [-0.25, -0.2) is 4.79 Å². The Balaban J connectivity index is 0.979. The zero-order chi connectivity index (χ0) is 38.5. The van der Waals surface area contributed by atoms with Gasteiger partial charge in [0.05, 0.1) is 18.8 Å². The third kappa shape index (κ3) is 6.35. The smallest absolute Gasteiger partial charge is 0.407 e. The zero-order valence-electron chi connectivity index (χ0n) is 32.3. The molecule has 3 heterocycles. The summed E-state index contributed by atoms with van der Waals surface area (Å²) in [7, 11) is 6.22. The molecule has 0 fully saturated rings. The number of hydrogen-bond donors (Lipinski definition) is 1. The average Bonchev–Trinajstić information content (AvgIpc) is 3.56. The van der Waals surface area contributed by atoms with Crippen molar-refractivity contribution in [2.75, 3.05) is 49.4 Å². The summed E-state index contributed by atoms with van der Waals surface area (Å²) in [6.07, 6.45) is -0.451. The van der Waals surface area contributed by atoms with E-state index in [2.05, 4.69) is 117 Å². The Bertz CT molecular complexity index is 2350. The lowest BCUT2D eigenvalue weighted by Crippen LogP contribution is -2.63. The Kier molecular flexibility index (Phi) is 9.28. The van der Waals surface area contributed by atoms with Gasteiger partial charge in [-0.15, -0.1) is 0 Å². The van der Waals surface area contributed by atoms with Crippen molar-refractivity contribution < 1.29 is 19.1 Å². The fraction of sp³-hybridized carbons (Fsp3) is 0.261. The van der Waals surface area contributed by atoms with Crippen molar-refractivity contribution in [2.45, 2.75) is 44.9 Å². The van der Waals surface area contributed by atoms with Crippen LogP contribution in [0.1, 0.15) is 50.9 Å². The van der Waals surface area contributed by atoms with Crippen molar-refractivity contribution in [3.05, 3.63) is 148 Å². The second-order valence-electron chi connectivity index (χ2n) is 15.5. The molecule has 3 aliphatic rings. The second-order valence-corrected chi connectivity index (χ2v) is 19.8. The lowest BCUT2D eigenvalue weighted by atomic mass is 9.79. The predicted molar refractivity (Wildman–Crippen MR) is 222 cm³/mol. The maximum Gasteiger partial charge on any atom is 0.407 e. The monoisotopic (exact) mass is 746 g/mol. The lowest BCUT2D eigenvalue weighted by molar-refractivity contribution is -0.118. The van der Waals surface area contributed by atoms with Gasteiger partial charge in [0.2, 0.25) is 5.91 Å². The van der Waals surface area contributed by atoms with Gasteiger partial charge in [-0.1, -0.05) is 79.5 Å². The van der Waals surface area contributed by atoms with E-state index in [-0.39, 0.29) is 25.5 Å². The van der Waals surface area contributed by atoms with Crippen LogP contribution in [0, 0.1) is 11.8 Å². The summed E-state index contributed by atoms with van der Waals surface area (Å²) in [4.78, 5) is 32.6. The van der Waals surface area contributed by atoms with Gasteiger partial charge in [0.25, 0.3) is 0 Å². The third-order valence-corrected chi connectivity index (χ3v) is 14.8. The van der Waals surface area contributed by atoms with Crippen LogP contribution in [-0.2, 0) is 39.6 Å². The molecule has 2 amide bonds. The number of hydrogen-bond acceptors (Lipinski definition) is 6. The van der Waals surface area contributed by atoms with Crippen molar-refractivity contribution in [3.8, 4) is 11.8 Å². The SMILES string of the molecule is CN(C)c1ccc2c(c1)[Si](C)(C)c1cc(N(C)C)ccc1C21OCc2cc(COC(=O)NCCC(=O)N3Cc4ccccc4C#Cc4ccccc43)ccc21.